The normalized spacial score (nSPS) is 30.1. The number of hydrogen-bond donors (Lipinski definition) is 0. The number of carbonyl (C=O) groups excluding carboxylic acids is 1. The van der Waals surface area contributed by atoms with Crippen molar-refractivity contribution in [2.24, 2.45) is 11.8 Å². The summed E-state index contributed by atoms with van der Waals surface area (Å²) in [4.78, 5) is 10.7. The zero-order valence-corrected chi connectivity index (χ0v) is 7.71. The van der Waals surface area contributed by atoms with Gasteiger partial charge in [-0.3, -0.25) is 0 Å². The first-order valence-corrected chi connectivity index (χ1v) is 4.96. The quantitative estimate of drug-likeness (QED) is 0.639. The van der Waals surface area contributed by atoms with Gasteiger partial charge in [0, 0.05) is 11.9 Å². The van der Waals surface area contributed by atoms with E-state index in [1.54, 1.807) is 0 Å². The molecule has 1 rings (SSSR count). The van der Waals surface area contributed by atoms with Gasteiger partial charge in [-0.05, 0) is 18.8 Å². The van der Waals surface area contributed by atoms with E-state index < -0.39 is 5.97 Å². The van der Waals surface area contributed by atoms with E-state index in [9.17, 15) is 9.90 Å². The Labute approximate surface area is 74.0 Å². The fourth-order valence-electron chi connectivity index (χ4n) is 2.23. The Kier molecular flexibility index (Phi) is 3.57. The van der Waals surface area contributed by atoms with E-state index in [1.165, 1.54) is 6.42 Å². The van der Waals surface area contributed by atoms with Crippen LogP contribution in [0.25, 0.3) is 0 Å². The Morgan fingerprint density at radius 1 is 1.42 bits per heavy atom. The molecule has 70 valence electrons. The highest BCUT2D eigenvalue weighted by molar-refractivity contribution is 5.68. The van der Waals surface area contributed by atoms with Gasteiger partial charge in [0.1, 0.15) is 0 Å². The van der Waals surface area contributed by atoms with E-state index in [1.807, 2.05) is 0 Å². The minimum Gasteiger partial charge on any atom is -0.550 e. The molecule has 2 nitrogen and oxygen atoms in total. The lowest BCUT2D eigenvalue weighted by molar-refractivity contribution is -0.314. The first-order valence-electron chi connectivity index (χ1n) is 4.96. The number of aliphatic carboxylic acids is 1. The van der Waals surface area contributed by atoms with E-state index >= 15 is 0 Å². The monoisotopic (exact) mass is 169 g/mol. The zero-order valence-electron chi connectivity index (χ0n) is 7.71. The van der Waals surface area contributed by atoms with Gasteiger partial charge in [0.25, 0.3) is 0 Å². The highest BCUT2D eigenvalue weighted by Gasteiger charge is 2.24. The standard InChI is InChI=1S/C10H18O2/c1-2-5-8-6-3-4-7-9(8)10(11)12/h8-9H,2-7H2,1H3,(H,11,12)/p-1/t8?,9-/m1/s1. The van der Waals surface area contributed by atoms with Gasteiger partial charge in [-0.2, -0.15) is 0 Å². The molecule has 2 atom stereocenters. The number of carboxylic acids is 1. The molecule has 0 aromatic heterocycles. The van der Waals surface area contributed by atoms with Crippen molar-refractivity contribution in [3.63, 3.8) is 0 Å². The minimum absolute atomic E-state index is 0.154. The van der Waals surface area contributed by atoms with Gasteiger partial charge in [-0.15, -0.1) is 0 Å². The minimum atomic E-state index is -0.826. The van der Waals surface area contributed by atoms with Gasteiger partial charge in [-0.25, -0.2) is 0 Å². The maximum atomic E-state index is 10.7. The van der Waals surface area contributed by atoms with Crippen LogP contribution in [-0.4, -0.2) is 5.97 Å². The van der Waals surface area contributed by atoms with Crippen LogP contribution in [-0.2, 0) is 4.79 Å². The summed E-state index contributed by atoms with van der Waals surface area (Å²) in [6.07, 6.45) is 6.35. The molecule has 1 saturated carbocycles. The summed E-state index contributed by atoms with van der Waals surface area (Å²) in [5, 5.41) is 10.7. The molecule has 0 bridgehead atoms. The smallest absolute Gasteiger partial charge is 0.0448 e. The van der Waals surface area contributed by atoms with Crippen LogP contribution in [0.5, 0.6) is 0 Å². The molecule has 1 aliphatic carbocycles. The summed E-state index contributed by atoms with van der Waals surface area (Å²) in [6.45, 7) is 2.11. The lowest BCUT2D eigenvalue weighted by atomic mass is 9.77. The molecule has 2 heteroatoms. The molecular weight excluding hydrogens is 152 g/mol. The van der Waals surface area contributed by atoms with Crippen molar-refractivity contribution in [2.45, 2.75) is 45.4 Å². The van der Waals surface area contributed by atoms with Crippen LogP contribution < -0.4 is 5.11 Å². The molecule has 0 aliphatic heterocycles. The second kappa shape index (κ2) is 4.48. The lowest BCUT2D eigenvalue weighted by Crippen LogP contribution is -2.37. The predicted octanol–water partition coefficient (Wildman–Crippen LogP) is 1.34. The van der Waals surface area contributed by atoms with Crippen LogP contribution in [0, 0.1) is 11.8 Å². The average Bonchev–Trinajstić information content (AvgIpc) is 2.05. The van der Waals surface area contributed by atoms with Crippen LogP contribution in [0.4, 0.5) is 0 Å². The van der Waals surface area contributed by atoms with E-state index in [0.717, 1.165) is 32.1 Å². The fourth-order valence-corrected chi connectivity index (χ4v) is 2.23. The molecule has 0 aromatic carbocycles. The maximum absolute atomic E-state index is 10.7. The molecule has 0 radical (unpaired) electrons. The van der Waals surface area contributed by atoms with E-state index in [0.29, 0.717) is 5.92 Å². The van der Waals surface area contributed by atoms with Gasteiger partial charge in [-0.1, -0.05) is 32.6 Å². The molecule has 0 spiro atoms. The van der Waals surface area contributed by atoms with E-state index in [4.69, 9.17) is 0 Å². The number of carbonyl (C=O) groups is 1. The molecule has 12 heavy (non-hydrogen) atoms. The predicted molar refractivity (Wildman–Crippen MR) is 45.4 cm³/mol. The number of carboxylic acid groups (broad SMARTS) is 1. The van der Waals surface area contributed by atoms with E-state index in [2.05, 4.69) is 6.92 Å². The van der Waals surface area contributed by atoms with Crippen LogP contribution in [0.2, 0.25) is 0 Å². The SMILES string of the molecule is CCCC1CCCC[C@H]1C(=O)[O-]. The van der Waals surface area contributed by atoms with E-state index in [-0.39, 0.29) is 5.92 Å². The lowest BCUT2D eigenvalue weighted by Gasteiger charge is -2.31. The van der Waals surface area contributed by atoms with Crippen LogP contribution in [0.1, 0.15) is 45.4 Å². The molecule has 0 N–H and O–H groups in total. The molecular formula is C10H17O2-. The summed E-state index contributed by atoms with van der Waals surface area (Å²) in [5.74, 6) is -0.583. The van der Waals surface area contributed by atoms with Crippen molar-refractivity contribution in [1.82, 2.24) is 0 Å². The average molecular weight is 169 g/mol. The molecule has 0 saturated heterocycles. The Balaban J connectivity index is 2.48. The fraction of sp³-hybridized carbons (Fsp3) is 0.900. The molecule has 1 fully saturated rings. The van der Waals surface area contributed by atoms with Crippen LogP contribution in [0.15, 0.2) is 0 Å². The second-order valence-electron chi connectivity index (χ2n) is 3.76. The Bertz CT molecular complexity index is 152. The van der Waals surface area contributed by atoms with Crippen LogP contribution in [0.3, 0.4) is 0 Å². The van der Waals surface area contributed by atoms with Gasteiger partial charge < -0.3 is 9.90 Å². The molecule has 0 aromatic rings. The van der Waals surface area contributed by atoms with Crippen molar-refractivity contribution >= 4 is 5.97 Å². The van der Waals surface area contributed by atoms with Gasteiger partial charge in [0.15, 0.2) is 0 Å². The molecule has 1 unspecified atom stereocenters. The van der Waals surface area contributed by atoms with Gasteiger partial charge >= 0.3 is 0 Å². The van der Waals surface area contributed by atoms with Crippen molar-refractivity contribution in [3.05, 3.63) is 0 Å². The first kappa shape index (κ1) is 9.56. The first-order chi connectivity index (χ1) is 5.75. The number of hydrogen-bond acceptors (Lipinski definition) is 2. The zero-order chi connectivity index (χ0) is 8.97. The summed E-state index contributed by atoms with van der Waals surface area (Å²) in [6, 6.07) is 0. The Morgan fingerprint density at radius 2 is 2.08 bits per heavy atom. The van der Waals surface area contributed by atoms with Gasteiger partial charge in [0.2, 0.25) is 0 Å². The molecule has 1 aliphatic rings. The number of rotatable bonds is 3. The topological polar surface area (TPSA) is 40.1 Å². The Morgan fingerprint density at radius 3 is 2.67 bits per heavy atom. The summed E-state index contributed by atoms with van der Waals surface area (Å²) < 4.78 is 0. The maximum Gasteiger partial charge on any atom is 0.0448 e. The summed E-state index contributed by atoms with van der Waals surface area (Å²) in [7, 11) is 0. The third-order valence-corrected chi connectivity index (χ3v) is 2.87. The van der Waals surface area contributed by atoms with Crippen molar-refractivity contribution < 1.29 is 9.90 Å². The molecule has 0 heterocycles. The molecule has 0 amide bonds. The highest BCUT2D eigenvalue weighted by Crippen LogP contribution is 2.32. The van der Waals surface area contributed by atoms with Crippen LogP contribution >= 0.6 is 0 Å². The summed E-state index contributed by atoms with van der Waals surface area (Å²) >= 11 is 0. The van der Waals surface area contributed by atoms with Gasteiger partial charge in [0.05, 0.1) is 0 Å². The summed E-state index contributed by atoms with van der Waals surface area (Å²) in [5.41, 5.74) is 0. The highest BCUT2D eigenvalue weighted by atomic mass is 16.4. The van der Waals surface area contributed by atoms with Crippen molar-refractivity contribution in [2.75, 3.05) is 0 Å². The third kappa shape index (κ3) is 2.23. The van der Waals surface area contributed by atoms with Crippen molar-refractivity contribution in [1.29, 1.82) is 0 Å². The third-order valence-electron chi connectivity index (χ3n) is 2.87. The second-order valence-corrected chi connectivity index (χ2v) is 3.76. The largest absolute Gasteiger partial charge is 0.550 e. The Hall–Kier alpha value is -0.530. The van der Waals surface area contributed by atoms with Crippen molar-refractivity contribution in [3.8, 4) is 0 Å².